The number of rotatable bonds is 1. The van der Waals surface area contributed by atoms with Gasteiger partial charge >= 0.3 is 6.03 Å². The van der Waals surface area contributed by atoms with E-state index < -0.39 is 23.9 Å². The summed E-state index contributed by atoms with van der Waals surface area (Å²) >= 11 is 0. The van der Waals surface area contributed by atoms with Crippen molar-refractivity contribution in [3.05, 3.63) is 24.3 Å². The Balaban J connectivity index is 2.45. The van der Waals surface area contributed by atoms with Crippen LogP contribution in [0.4, 0.5) is 16.2 Å². The third kappa shape index (κ3) is 2.18. The molecule has 1 aromatic rings. The van der Waals surface area contributed by atoms with E-state index in [4.69, 9.17) is 0 Å². The summed E-state index contributed by atoms with van der Waals surface area (Å²) in [5.74, 6) is -0.953. The minimum Gasteiger partial charge on any atom is -0.341 e. The van der Waals surface area contributed by atoms with Gasteiger partial charge in [0.2, 0.25) is 0 Å². The molecule has 0 aromatic heterocycles. The normalized spacial score (nSPS) is 15.8. The van der Waals surface area contributed by atoms with Crippen LogP contribution in [0.3, 0.4) is 0 Å². The molecule has 0 fully saturated rings. The summed E-state index contributed by atoms with van der Waals surface area (Å²) < 4.78 is 0. The van der Waals surface area contributed by atoms with E-state index in [2.05, 4.69) is 10.6 Å². The molecule has 4 amide bonds. The van der Waals surface area contributed by atoms with E-state index in [1.165, 1.54) is 16.8 Å². The van der Waals surface area contributed by atoms with Crippen molar-refractivity contribution >= 4 is 29.2 Å². The molecule has 0 saturated heterocycles. The lowest BCUT2D eigenvalue weighted by molar-refractivity contribution is -0.128. The zero-order valence-corrected chi connectivity index (χ0v) is 11.5. The summed E-state index contributed by atoms with van der Waals surface area (Å²) in [5.41, 5.74) is 1.24. The van der Waals surface area contributed by atoms with Crippen LogP contribution in [0.25, 0.3) is 0 Å². The summed E-state index contributed by atoms with van der Waals surface area (Å²) in [5, 5.41) is 4.70. The monoisotopic (exact) mass is 276 g/mol. The number of benzene rings is 1. The number of carbonyl (C=O) groups excluding carboxylic acids is 3. The van der Waals surface area contributed by atoms with Gasteiger partial charge in [0, 0.05) is 21.1 Å². The van der Waals surface area contributed by atoms with E-state index in [0.29, 0.717) is 11.4 Å². The molecule has 1 aromatic carbocycles. The molecule has 2 N–H and O–H groups in total. The lowest BCUT2D eigenvalue weighted by Crippen LogP contribution is -2.56. The van der Waals surface area contributed by atoms with Crippen molar-refractivity contribution in [1.29, 1.82) is 0 Å². The average molecular weight is 276 g/mol. The highest BCUT2D eigenvalue weighted by molar-refractivity contribution is 6.21. The van der Waals surface area contributed by atoms with Crippen LogP contribution in [0.2, 0.25) is 0 Å². The van der Waals surface area contributed by atoms with Crippen molar-refractivity contribution < 1.29 is 14.4 Å². The zero-order valence-electron chi connectivity index (χ0n) is 11.5. The zero-order chi connectivity index (χ0) is 14.9. The molecule has 1 heterocycles. The number of fused-ring (bicyclic) bond motifs is 1. The number of para-hydroxylation sites is 2. The second-order valence-electron chi connectivity index (χ2n) is 4.44. The maximum atomic E-state index is 12.4. The Morgan fingerprint density at radius 3 is 1.90 bits per heavy atom. The van der Waals surface area contributed by atoms with Crippen LogP contribution in [0.5, 0.6) is 0 Å². The highest BCUT2D eigenvalue weighted by Gasteiger charge is 2.38. The van der Waals surface area contributed by atoms with Gasteiger partial charge in [-0.05, 0) is 12.1 Å². The number of likely N-dealkylation sites (N-methyl/N-ethyl adjacent to an activating group) is 2. The Morgan fingerprint density at radius 1 is 1.05 bits per heavy atom. The van der Waals surface area contributed by atoms with Crippen LogP contribution in [-0.4, -0.2) is 45.0 Å². The summed E-state index contributed by atoms with van der Waals surface area (Å²) in [7, 11) is 4.57. The minimum atomic E-state index is -1.24. The van der Waals surface area contributed by atoms with Gasteiger partial charge in [0.1, 0.15) is 0 Å². The predicted octanol–water partition coefficient (Wildman–Crippen LogP) is -0.0766. The predicted molar refractivity (Wildman–Crippen MR) is 74.6 cm³/mol. The highest BCUT2D eigenvalue weighted by Crippen LogP contribution is 2.31. The van der Waals surface area contributed by atoms with E-state index in [1.54, 1.807) is 38.4 Å². The summed E-state index contributed by atoms with van der Waals surface area (Å²) in [6.45, 7) is 0. The number of amides is 4. The van der Waals surface area contributed by atoms with E-state index in [9.17, 15) is 14.4 Å². The number of urea groups is 1. The molecule has 0 unspecified atom stereocenters. The van der Waals surface area contributed by atoms with Crippen molar-refractivity contribution in [2.24, 2.45) is 0 Å². The molecular formula is C13H16N4O3. The van der Waals surface area contributed by atoms with Gasteiger partial charge < -0.3 is 20.4 Å². The number of hydrogen-bond donors (Lipinski definition) is 2. The number of carbonyl (C=O) groups is 3. The van der Waals surface area contributed by atoms with Crippen LogP contribution in [0.15, 0.2) is 24.3 Å². The van der Waals surface area contributed by atoms with Crippen molar-refractivity contribution in [2.45, 2.75) is 6.04 Å². The quantitative estimate of drug-likeness (QED) is 0.704. The molecule has 0 spiro atoms. The summed E-state index contributed by atoms with van der Waals surface area (Å²) in [6.07, 6.45) is 0. The van der Waals surface area contributed by atoms with E-state index in [0.717, 1.165) is 0 Å². The first-order chi connectivity index (χ1) is 9.47. The molecule has 7 nitrogen and oxygen atoms in total. The molecule has 0 saturated carbocycles. The Bertz CT molecular complexity index is 531. The number of nitrogens with one attached hydrogen (secondary N) is 2. The van der Waals surface area contributed by atoms with Gasteiger partial charge in [-0.3, -0.25) is 9.59 Å². The van der Waals surface area contributed by atoms with Gasteiger partial charge in [-0.15, -0.1) is 0 Å². The molecule has 0 radical (unpaired) electrons. The standard InChI is InChI=1S/C13H16N4O3/c1-14-13(20)15-10-11(18)16(2)8-6-4-5-7-9(8)17(3)12(10)19/h4-7,10H,1-3H3,(H2,14,15,20). The lowest BCUT2D eigenvalue weighted by Gasteiger charge is -2.20. The molecule has 1 aliphatic heterocycles. The van der Waals surface area contributed by atoms with E-state index >= 15 is 0 Å². The topological polar surface area (TPSA) is 81.8 Å². The number of anilines is 2. The molecule has 0 aliphatic carbocycles. The first-order valence-corrected chi connectivity index (χ1v) is 6.09. The fourth-order valence-corrected chi connectivity index (χ4v) is 2.09. The van der Waals surface area contributed by atoms with Crippen LogP contribution < -0.4 is 20.4 Å². The number of nitrogens with zero attached hydrogens (tertiary/aromatic N) is 2. The Hall–Kier alpha value is -2.57. The van der Waals surface area contributed by atoms with Gasteiger partial charge in [0.05, 0.1) is 11.4 Å². The Kier molecular flexibility index (Phi) is 3.60. The van der Waals surface area contributed by atoms with Crippen molar-refractivity contribution in [1.82, 2.24) is 10.6 Å². The van der Waals surface area contributed by atoms with E-state index in [1.807, 2.05) is 0 Å². The summed E-state index contributed by atoms with van der Waals surface area (Å²) in [4.78, 5) is 38.9. The fraction of sp³-hybridized carbons (Fsp3) is 0.308. The fourth-order valence-electron chi connectivity index (χ4n) is 2.09. The highest BCUT2D eigenvalue weighted by atomic mass is 16.2. The first-order valence-electron chi connectivity index (χ1n) is 6.09. The molecular weight excluding hydrogens is 260 g/mol. The molecule has 0 bridgehead atoms. The largest absolute Gasteiger partial charge is 0.341 e. The van der Waals surface area contributed by atoms with Crippen molar-refractivity contribution in [3.8, 4) is 0 Å². The molecule has 0 atom stereocenters. The molecule has 20 heavy (non-hydrogen) atoms. The Morgan fingerprint density at radius 2 is 1.50 bits per heavy atom. The van der Waals surface area contributed by atoms with Crippen LogP contribution in [0.1, 0.15) is 0 Å². The third-order valence-corrected chi connectivity index (χ3v) is 3.26. The van der Waals surface area contributed by atoms with Crippen molar-refractivity contribution in [2.75, 3.05) is 30.9 Å². The van der Waals surface area contributed by atoms with Gasteiger partial charge in [-0.1, -0.05) is 12.1 Å². The van der Waals surface area contributed by atoms with Gasteiger partial charge in [-0.2, -0.15) is 0 Å². The van der Waals surface area contributed by atoms with E-state index in [-0.39, 0.29) is 0 Å². The summed E-state index contributed by atoms with van der Waals surface area (Å²) in [6, 6.07) is 5.25. The lowest BCUT2D eigenvalue weighted by atomic mass is 10.2. The first kappa shape index (κ1) is 13.9. The minimum absolute atomic E-state index is 0.476. The Labute approximate surface area is 116 Å². The van der Waals surface area contributed by atoms with Gasteiger partial charge in [-0.25, -0.2) is 4.79 Å². The second kappa shape index (κ2) is 5.20. The second-order valence-corrected chi connectivity index (χ2v) is 4.44. The molecule has 2 rings (SSSR count). The maximum Gasteiger partial charge on any atom is 0.315 e. The van der Waals surface area contributed by atoms with Gasteiger partial charge in [0.15, 0.2) is 6.04 Å². The molecule has 1 aliphatic rings. The van der Waals surface area contributed by atoms with Crippen LogP contribution >= 0.6 is 0 Å². The van der Waals surface area contributed by atoms with Crippen LogP contribution in [-0.2, 0) is 9.59 Å². The van der Waals surface area contributed by atoms with Crippen LogP contribution in [0, 0.1) is 0 Å². The van der Waals surface area contributed by atoms with Crippen molar-refractivity contribution in [3.63, 3.8) is 0 Å². The van der Waals surface area contributed by atoms with Gasteiger partial charge in [0.25, 0.3) is 11.8 Å². The average Bonchev–Trinajstić information content (AvgIpc) is 2.54. The molecule has 7 heteroatoms. The smallest absolute Gasteiger partial charge is 0.315 e. The molecule has 106 valence electrons. The SMILES string of the molecule is CNC(=O)NC1C(=O)N(C)c2ccccc2N(C)C1=O. The maximum absolute atomic E-state index is 12.4. The number of hydrogen-bond acceptors (Lipinski definition) is 3. The third-order valence-electron chi connectivity index (χ3n) is 3.26.